The van der Waals surface area contributed by atoms with E-state index in [0.717, 1.165) is 81.5 Å². The lowest BCUT2D eigenvalue weighted by molar-refractivity contribution is -0.148. The molecule has 0 spiro atoms. The molecule has 60 heavy (non-hydrogen) atoms. The van der Waals surface area contributed by atoms with E-state index in [1.807, 2.05) is 45.0 Å². The lowest BCUT2D eigenvalue weighted by atomic mass is 9.89. The minimum absolute atomic E-state index is 0.0294. The van der Waals surface area contributed by atoms with Crippen LogP contribution in [0.2, 0.25) is 0 Å². The largest absolute Gasteiger partial charge is 0.469 e. The summed E-state index contributed by atoms with van der Waals surface area (Å²) in [5, 5.41) is 5.03. The fraction of sp³-hybridized carbons (Fsp3) is 0.458. The molecule has 0 unspecified atom stereocenters. The Morgan fingerprint density at radius 3 is 2.02 bits per heavy atom. The Hall–Kier alpha value is -5.78. The van der Waals surface area contributed by atoms with Crippen LogP contribution in [0.5, 0.6) is 0 Å². The van der Waals surface area contributed by atoms with Crippen molar-refractivity contribution in [2.24, 2.45) is 34.6 Å². The van der Waals surface area contributed by atoms with Gasteiger partial charge in [-0.15, -0.1) is 0 Å². The van der Waals surface area contributed by atoms with Crippen molar-refractivity contribution in [2.75, 3.05) is 14.2 Å². The Bertz CT molecular complexity index is 2420. The number of hydrogen-bond donors (Lipinski definition) is 2. The van der Waals surface area contributed by atoms with E-state index >= 15 is 0 Å². The van der Waals surface area contributed by atoms with Crippen LogP contribution in [-0.2, 0) is 23.9 Å². The molecule has 5 aliphatic rings. The first kappa shape index (κ1) is 39.7. The predicted molar refractivity (Wildman–Crippen MR) is 229 cm³/mol. The lowest BCUT2D eigenvalue weighted by Gasteiger charge is -2.32. The second-order valence-corrected chi connectivity index (χ2v) is 18.1. The molecule has 312 valence electrons. The van der Waals surface area contributed by atoms with Crippen LogP contribution in [0.25, 0.3) is 38.7 Å². The lowest BCUT2D eigenvalue weighted by Crippen LogP contribution is -2.52. The van der Waals surface area contributed by atoms with Crippen LogP contribution in [0.15, 0.2) is 78.1 Å². The zero-order chi connectivity index (χ0) is 42.0. The molecule has 0 radical (unpaired) electrons. The van der Waals surface area contributed by atoms with Gasteiger partial charge >= 0.3 is 12.1 Å². The second-order valence-electron chi connectivity index (χ2n) is 18.1. The van der Waals surface area contributed by atoms with Gasteiger partial charge in [-0.1, -0.05) is 76.2 Å². The van der Waals surface area contributed by atoms with E-state index < -0.39 is 18.1 Å². The Balaban J connectivity index is 0.854. The number of aromatic amines is 1. The number of allylic oxidation sites excluding steroid dienone is 1. The number of amides is 3. The molecule has 2 saturated heterocycles. The number of imidazole rings is 1. The Kier molecular flexibility index (Phi) is 10.4. The van der Waals surface area contributed by atoms with Crippen LogP contribution in [0, 0.1) is 29.6 Å². The molecule has 4 fully saturated rings. The number of H-pyrrole nitrogens is 1. The fourth-order valence-electron chi connectivity index (χ4n) is 9.96. The van der Waals surface area contributed by atoms with Gasteiger partial charge in [-0.2, -0.15) is 0 Å². The van der Waals surface area contributed by atoms with Crippen molar-refractivity contribution in [1.29, 1.82) is 0 Å². The highest BCUT2D eigenvalue weighted by atomic mass is 16.5. The fourth-order valence-corrected chi connectivity index (χ4v) is 9.96. The highest BCUT2D eigenvalue weighted by Gasteiger charge is 2.57. The molecule has 2 aliphatic carbocycles. The second kappa shape index (κ2) is 15.7. The standard InChI is InChI=1S/C48H54N6O6/c1-25(2)36(22-43(55)59-5)46(56)53-39-18-33(39)20-41(53)37-17-35(23-49-37)32-14-13-30-15-29(11-12-31(30)16-32)27-7-9-28(10-8-27)38-24-50-45(51-38)42-21-34-19-40(34)54(42)47(57)44(26(3)4)52-48(58)60-6/h7-16,23-26,33-34,36,39-42,44H,17-22H2,1-6H3,(H,50,51)(H,52,58)/t33-,34-,36+,39-,40-,41+,42+,44+/m1/s1. The quantitative estimate of drug-likeness (QED) is 0.138. The number of carbonyl (C=O) groups excluding carboxylic acids is 4. The van der Waals surface area contributed by atoms with Crippen LogP contribution in [0.1, 0.15) is 83.6 Å². The average Bonchev–Trinajstić information content (AvgIpc) is 3.83. The number of piperidine rings is 2. The molecule has 2 N–H and O–H groups in total. The van der Waals surface area contributed by atoms with Gasteiger partial charge < -0.3 is 29.6 Å². The van der Waals surface area contributed by atoms with Crippen molar-refractivity contribution in [3.63, 3.8) is 0 Å². The summed E-state index contributed by atoms with van der Waals surface area (Å²) in [6, 6.07) is 21.1. The number of ether oxygens (including phenoxy) is 2. The van der Waals surface area contributed by atoms with E-state index in [4.69, 9.17) is 19.5 Å². The molecule has 12 heteroatoms. The highest BCUT2D eigenvalue weighted by Crippen LogP contribution is 2.54. The van der Waals surface area contributed by atoms with Crippen LogP contribution in [-0.4, -0.2) is 87.7 Å². The molecule has 3 aliphatic heterocycles. The first-order chi connectivity index (χ1) is 28.9. The molecule has 1 aromatic heterocycles. The summed E-state index contributed by atoms with van der Waals surface area (Å²) >= 11 is 0. The Morgan fingerprint density at radius 1 is 0.750 bits per heavy atom. The van der Waals surface area contributed by atoms with Gasteiger partial charge in [0.15, 0.2) is 0 Å². The molecule has 9 rings (SSSR count). The van der Waals surface area contributed by atoms with Gasteiger partial charge in [0.05, 0.1) is 50.5 Å². The van der Waals surface area contributed by atoms with Crippen molar-refractivity contribution in [3.8, 4) is 22.4 Å². The highest BCUT2D eigenvalue weighted by molar-refractivity contribution is 6.04. The van der Waals surface area contributed by atoms with E-state index in [2.05, 4.69) is 75.9 Å². The Labute approximate surface area is 350 Å². The molecule has 3 aromatic carbocycles. The maximum Gasteiger partial charge on any atom is 0.407 e. The first-order valence-corrected chi connectivity index (χ1v) is 21.4. The van der Waals surface area contributed by atoms with Gasteiger partial charge in [0.2, 0.25) is 11.8 Å². The van der Waals surface area contributed by atoms with Crippen molar-refractivity contribution in [2.45, 2.75) is 96.4 Å². The molecule has 4 heterocycles. The average molecular weight is 811 g/mol. The van der Waals surface area contributed by atoms with Crippen LogP contribution in [0.4, 0.5) is 4.79 Å². The van der Waals surface area contributed by atoms with Gasteiger partial charge in [0, 0.05) is 30.4 Å². The zero-order valence-electron chi connectivity index (χ0n) is 35.2. The van der Waals surface area contributed by atoms with E-state index in [9.17, 15) is 19.2 Å². The summed E-state index contributed by atoms with van der Waals surface area (Å²) in [5.41, 5.74) is 7.43. The van der Waals surface area contributed by atoms with Crippen molar-refractivity contribution >= 4 is 45.9 Å². The van der Waals surface area contributed by atoms with Gasteiger partial charge in [0.25, 0.3) is 0 Å². The SMILES string of the molecule is COC(=O)C[C@H](C(=O)N1[C@@H]2C[C@@H]2C[C@H]1C1=NC=C(c2ccc3cc(-c4ccc(-c5cnc([C@@H]6C[C@H]7C[C@H]7N6C(=O)[C@@H](NC(=O)OC)C(C)C)[nH]5)cc4)ccc3c2)C1)C(C)C. The third-order valence-electron chi connectivity index (χ3n) is 13.6. The van der Waals surface area contributed by atoms with Crippen molar-refractivity contribution in [1.82, 2.24) is 25.1 Å². The van der Waals surface area contributed by atoms with E-state index in [0.29, 0.717) is 18.3 Å². The number of benzene rings is 3. The van der Waals surface area contributed by atoms with Crippen molar-refractivity contribution < 1.29 is 28.7 Å². The number of rotatable bonds is 12. The summed E-state index contributed by atoms with van der Waals surface area (Å²) < 4.78 is 9.74. The summed E-state index contributed by atoms with van der Waals surface area (Å²) in [6.45, 7) is 7.85. The number of esters is 1. The predicted octanol–water partition coefficient (Wildman–Crippen LogP) is 7.95. The molecule has 12 nitrogen and oxygen atoms in total. The minimum atomic E-state index is -0.672. The zero-order valence-corrected chi connectivity index (χ0v) is 35.2. The van der Waals surface area contributed by atoms with E-state index in [-0.39, 0.29) is 60.2 Å². The first-order valence-electron chi connectivity index (χ1n) is 21.4. The van der Waals surface area contributed by atoms with E-state index in [1.165, 1.54) is 14.2 Å². The number of hydrogen-bond acceptors (Lipinski definition) is 8. The normalized spacial score (nSPS) is 24.8. The number of aromatic nitrogens is 2. The molecule has 4 aromatic rings. The third-order valence-corrected chi connectivity index (χ3v) is 13.6. The smallest absolute Gasteiger partial charge is 0.407 e. The molecule has 0 bridgehead atoms. The summed E-state index contributed by atoms with van der Waals surface area (Å²) in [6.07, 6.45) is 7.81. The Morgan fingerprint density at radius 2 is 1.37 bits per heavy atom. The summed E-state index contributed by atoms with van der Waals surface area (Å²) in [5.74, 6) is 0.888. The van der Waals surface area contributed by atoms with Crippen LogP contribution in [0.3, 0.4) is 0 Å². The van der Waals surface area contributed by atoms with Gasteiger partial charge in [-0.05, 0) is 100 Å². The number of aliphatic imine (C=N–C) groups is 1. The van der Waals surface area contributed by atoms with Crippen LogP contribution < -0.4 is 5.32 Å². The molecule has 2 saturated carbocycles. The maximum absolute atomic E-state index is 13.9. The topological polar surface area (TPSA) is 146 Å². The van der Waals surface area contributed by atoms with Crippen molar-refractivity contribution in [3.05, 3.63) is 84.4 Å². The molecule has 8 atom stereocenters. The number of alkyl carbamates (subject to hydrolysis) is 1. The third kappa shape index (κ3) is 7.38. The number of nitrogens with one attached hydrogen (secondary N) is 2. The molecule has 3 amide bonds. The number of carbonyl (C=O) groups is 4. The molecular weight excluding hydrogens is 757 g/mol. The van der Waals surface area contributed by atoms with Crippen LogP contribution >= 0.6 is 0 Å². The summed E-state index contributed by atoms with van der Waals surface area (Å²) in [4.78, 5) is 69.1. The number of fused-ring (bicyclic) bond motifs is 3. The minimum Gasteiger partial charge on any atom is -0.469 e. The molecular formula is C48H54N6O6. The number of likely N-dealkylation sites (tertiary alicyclic amines) is 2. The maximum atomic E-state index is 13.9. The number of methoxy groups -OCH3 is 2. The summed E-state index contributed by atoms with van der Waals surface area (Å²) in [7, 11) is 2.68. The number of nitrogens with zero attached hydrogens (tertiary/aromatic N) is 4. The van der Waals surface area contributed by atoms with Gasteiger partial charge in [-0.3, -0.25) is 19.4 Å². The van der Waals surface area contributed by atoms with E-state index in [1.54, 1.807) is 0 Å². The van der Waals surface area contributed by atoms with Gasteiger partial charge in [-0.25, -0.2) is 9.78 Å². The monoisotopic (exact) mass is 810 g/mol. The van der Waals surface area contributed by atoms with Gasteiger partial charge in [0.1, 0.15) is 11.9 Å².